The van der Waals surface area contributed by atoms with Gasteiger partial charge in [-0.2, -0.15) is 0 Å². The van der Waals surface area contributed by atoms with Gasteiger partial charge in [-0.1, -0.05) is 65.7 Å². The molecule has 0 saturated carbocycles. The van der Waals surface area contributed by atoms with E-state index >= 15 is 0 Å². The summed E-state index contributed by atoms with van der Waals surface area (Å²) in [5, 5.41) is 1.04. The molecule has 0 spiro atoms. The van der Waals surface area contributed by atoms with Crippen LogP contribution in [0, 0.1) is 0 Å². The highest BCUT2D eigenvalue weighted by Gasteiger charge is 2.15. The van der Waals surface area contributed by atoms with E-state index in [0.717, 1.165) is 34.0 Å². The number of imidazole rings is 1. The van der Waals surface area contributed by atoms with E-state index in [2.05, 4.69) is 22.1 Å². The maximum Gasteiger partial charge on any atom is 0.113 e. The number of aromatic amines is 1. The first-order chi connectivity index (χ1) is 12.7. The zero-order valence-electron chi connectivity index (χ0n) is 13.8. The van der Waals surface area contributed by atoms with Crippen molar-refractivity contribution in [1.29, 1.82) is 0 Å². The Morgan fingerprint density at radius 1 is 0.808 bits per heavy atom. The molecule has 3 nitrogen and oxygen atoms in total. The number of nitrogens with one attached hydrogen (secondary N) is 1. The summed E-state index contributed by atoms with van der Waals surface area (Å²) in [5.74, 6) is 0.851. The Bertz CT molecular complexity index is 1030. The van der Waals surface area contributed by atoms with Crippen LogP contribution in [0.5, 0.6) is 0 Å². The lowest BCUT2D eigenvalue weighted by Crippen LogP contribution is -1.93. The number of aromatic nitrogens is 3. The van der Waals surface area contributed by atoms with Crippen LogP contribution in [-0.2, 0) is 6.42 Å². The molecule has 4 aromatic rings. The highest BCUT2D eigenvalue weighted by molar-refractivity contribution is 6.42. The van der Waals surface area contributed by atoms with Crippen LogP contribution in [0.1, 0.15) is 11.5 Å². The lowest BCUT2D eigenvalue weighted by atomic mass is 10.1. The summed E-state index contributed by atoms with van der Waals surface area (Å²) in [4.78, 5) is 12.7. The molecule has 0 bridgehead atoms. The second-order valence-electron chi connectivity index (χ2n) is 5.90. The summed E-state index contributed by atoms with van der Waals surface area (Å²) < 4.78 is 0. The van der Waals surface area contributed by atoms with Crippen molar-refractivity contribution >= 4 is 23.2 Å². The van der Waals surface area contributed by atoms with Crippen LogP contribution in [0.2, 0.25) is 10.0 Å². The topological polar surface area (TPSA) is 41.6 Å². The number of rotatable bonds is 4. The minimum absolute atomic E-state index is 0.512. The summed E-state index contributed by atoms with van der Waals surface area (Å²) in [7, 11) is 0. The van der Waals surface area contributed by atoms with E-state index in [-0.39, 0.29) is 0 Å². The summed E-state index contributed by atoms with van der Waals surface area (Å²) >= 11 is 12.3. The van der Waals surface area contributed by atoms with Crippen molar-refractivity contribution in [2.75, 3.05) is 0 Å². The largest absolute Gasteiger partial charge is 0.341 e. The Hall–Kier alpha value is -2.62. The molecule has 128 valence electrons. The van der Waals surface area contributed by atoms with Crippen LogP contribution >= 0.6 is 23.2 Å². The SMILES string of the molecule is Clc1ccc(-c2nc(Cc3ccccn3)[nH]c2-c2ccccc2)cc1Cl. The molecule has 2 aromatic carbocycles. The summed E-state index contributed by atoms with van der Waals surface area (Å²) in [5.41, 5.74) is 4.74. The molecule has 0 saturated heterocycles. The Morgan fingerprint density at radius 2 is 1.62 bits per heavy atom. The van der Waals surface area contributed by atoms with Crippen molar-refractivity contribution in [3.8, 4) is 22.5 Å². The molecule has 0 radical (unpaired) electrons. The Labute approximate surface area is 161 Å². The predicted octanol–water partition coefficient (Wildman–Crippen LogP) is 6.04. The highest BCUT2D eigenvalue weighted by Crippen LogP contribution is 2.34. The molecule has 4 rings (SSSR count). The Balaban J connectivity index is 1.81. The average molecular weight is 380 g/mol. The molecule has 2 aromatic heterocycles. The number of hydrogen-bond acceptors (Lipinski definition) is 2. The van der Waals surface area contributed by atoms with E-state index in [9.17, 15) is 0 Å². The number of benzene rings is 2. The molecular weight excluding hydrogens is 365 g/mol. The standard InChI is InChI=1S/C21H15Cl2N3/c22-17-10-9-15(12-18(17)23)21-20(14-6-2-1-3-7-14)25-19(26-21)13-16-8-4-5-11-24-16/h1-12H,13H2,(H,25,26). The number of hydrogen-bond donors (Lipinski definition) is 1. The van der Waals surface area contributed by atoms with Crippen molar-refractivity contribution in [1.82, 2.24) is 15.0 Å². The van der Waals surface area contributed by atoms with Gasteiger partial charge in [0, 0.05) is 29.4 Å². The number of pyridine rings is 1. The molecule has 0 aliphatic rings. The molecule has 0 aliphatic carbocycles. The second kappa shape index (κ2) is 7.32. The van der Waals surface area contributed by atoms with Crippen LogP contribution in [-0.4, -0.2) is 15.0 Å². The molecule has 26 heavy (non-hydrogen) atoms. The Kier molecular flexibility index (Phi) is 4.74. The van der Waals surface area contributed by atoms with E-state index in [4.69, 9.17) is 28.2 Å². The smallest absolute Gasteiger partial charge is 0.113 e. The van der Waals surface area contributed by atoms with E-state index in [1.807, 2.05) is 48.5 Å². The van der Waals surface area contributed by atoms with Crippen molar-refractivity contribution < 1.29 is 0 Å². The molecule has 0 unspecified atom stereocenters. The first-order valence-corrected chi connectivity index (χ1v) is 8.96. The van der Waals surface area contributed by atoms with Gasteiger partial charge in [0.05, 0.1) is 21.4 Å². The zero-order chi connectivity index (χ0) is 17.9. The minimum atomic E-state index is 0.512. The maximum atomic E-state index is 6.22. The first kappa shape index (κ1) is 16.8. The molecule has 1 N–H and O–H groups in total. The van der Waals surface area contributed by atoms with Crippen LogP contribution in [0.15, 0.2) is 72.9 Å². The highest BCUT2D eigenvalue weighted by atomic mass is 35.5. The van der Waals surface area contributed by atoms with Gasteiger partial charge in [0.1, 0.15) is 5.82 Å². The van der Waals surface area contributed by atoms with Crippen molar-refractivity contribution in [3.63, 3.8) is 0 Å². The van der Waals surface area contributed by atoms with Gasteiger partial charge in [-0.3, -0.25) is 4.98 Å². The normalized spacial score (nSPS) is 10.8. The van der Waals surface area contributed by atoms with E-state index in [1.54, 1.807) is 12.3 Å². The first-order valence-electron chi connectivity index (χ1n) is 8.20. The quantitative estimate of drug-likeness (QED) is 0.469. The van der Waals surface area contributed by atoms with Crippen molar-refractivity contribution in [2.45, 2.75) is 6.42 Å². The van der Waals surface area contributed by atoms with Crippen LogP contribution in [0.3, 0.4) is 0 Å². The van der Waals surface area contributed by atoms with Gasteiger partial charge in [0.25, 0.3) is 0 Å². The zero-order valence-corrected chi connectivity index (χ0v) is 15.3. The van der Waals surface area contributed by atoms with Crippen LogP contribution in [0.25, 0.3) is 22.5 Å². The third kappa shape index (κ3) is 3.50. The average Bonchev–Trinajstić information content (AvgIpc) is 3.09. The van der Waals surface area contributed by atoms with Gasteiger partial charge in [-0.25, -0.2) is 4.98 Å². The van der Waals surface area contributed by atoms with Crippen molar-refractivity contribution in [2.24, 2.45) is 0 Å². The van der Waals surface area contributed by atoms with Crippen LogP contribution < -0.4 is 0 Å². The summed E-state index contributed by atoms with van der Waals surface area (Å²) in [6.07, 6.45) is 2.41. The lowest BCUT2D eigenvalue weighted by molar-refractivity contribution is 0.978. The van der Waals surface area contributed by atoms with Gasteiger partial charge >= 0.3 is 0 Å². The number of halogens is 2. The molecule has 5 heteroatoms. The minimum Gasteiger partial charge on any atom is -0.341 e. The molecule has 0 atom stereocenters. The fraction of sp³-hybridized carbons (Fsp3) is 0.0476. The molecular formula is C21H15Cl2N3. The third-order valence-corrected chi connectivity index (χ3v) is 4.82. The van der Waals surface area contributed by atoms with Gasteiger partial charge in [0.2, 0.25) is 0 Å². The van der Waals surface area contributed by atoms with Gasteiger partial charge < -0.3 is 4.98 Å². The number of nitrogens with zero attached hydrogens (tertiary/aromatic N) is 2. The molecule has 0 amide bonds. The third-order valence-electron chi connectivity index (χ3n) is 4.08. The molecule has 2 heterocycles. The van der Waals surface area contributed by atoms with Gasteiger partial charge in [0.15, 0.2) is 0 Å². The monoisotopic (exact) mass is 379 g/mol. The van der Waals surface area contributed by atoms with Gasteiger partial charge in [-0.15, -0.1) is 0 Å². The van der Waals surface area contributed by atoms with Gasteiger partial charge in [-0.05, 0) is 24.3 Å². The molecule has 0 fully saturated rings. The van der Waals surface area contributed by atoms with E-state index < -0.39 is 0 Å². The lowest BCUT2D eigenvalue weighted by Gasteiger charge is -2.04. The van der Waals surface area contributed by atoms with E-state index in [1.165, 1.54) is 0 Å². The second-order valence-corrected chi connectivity index (χ2v) is 6.71. The predicted molar refractivity (Wildman–Crippen MR) is 107 cm³/mol. The van der Waals surface area contributed by atoms with Crippen LogP contribution in [0.4, 0.5) is 0 Å². The van der Waals surface area contributed by atoms with E-state index in [0.29, 0.717) is 16.5 Å². The fourth-order valence-corrected chi connectivity index (χ4v) is 3.14. The summed E-state index contributed by atoms with van der Waals surface area (Å²) in [6.45, 7) is 0. The molecule has 0 aliphatic heterocycles. The Morgan fingerprint density at radius 3 is 2.35 bits per heavy atom. The summed E-state index contributed by atoms with van der Waals surface area (Å²) in [6, 6.07) is 21.6. The van der Waals surface area contributed by atoms with Crippen molar-refractivity contribution in [3.05, 3.63) is 94.5 Å². The maximum absolute atomic E-state index is 6.22. The number of H-pyrrole nitrogens is 1. The fourth-order valence-electron chi connectivity index (χ4n) is 2.85.